The summed E-state index contributed by atoms with van der Waals surface area (Å²) >= 11 is 0. The van der Waals surface area contributed by atoms with Crippen LogP contribution in [-0.4, -0.2) is 24.4 Å². The molecule has 1 atom stereocenters. The van der Waals surface area contributed by atoms with Crippen molar-refractivity contribution in [2.24, 2.45) is 5.41 Å². The SMILES string of the molecule is CC1(C(=O)NC2CC2)CNC(=O)C1. The van der Waals surface area contributed by atoms with Crippen LogP contribution in [0.1, 0.15) is 26.2 Å². The fraction of sp³-hybridized carbons (Fsp3) is 0.778. The van der Waals surface area contributed by atoms with Crippen LogP contribution in [0.15, 0.2) is 0 Å². The Bertz CT molecular complexity index is 260. The minimum Gasteiger partial charge on any atom is -0.355 e. The second-order valence-corrected chi connectivity index (χ2v) is 4.26. The van der Waals surface area contributed by atoms with Gasteiger partial charge in [0.15, 0.2) is 0 Å². The van der Waals surface area contributed by atoms with Gasteiger partial charge in [-0.05, 0) is 19.8 Å². The summed E-state index contributed by atoms with van der Waals surface area (Å²) in [5.41, 5.74) is -0.514. The predicted octanol–water partition coefficient (Wildman–Crippen LogP) is -0.209. The molecule has 2 aliphatic rings. The Kier molecular flexibility index (Phi) is 1.78. The second kappa shape index (κ2) is 2.72. The lowest BCUT2D eigenvalue weighted by molar-refractivity contribution is -0.131. The Balaban J connectivity index is 1.96. The van der Waals surface area contributed by atoms with Crippen LogP contribution in [0.3, 0.4) is 0 Å². The molecular formula is C9H14N2O2. The van der Waals surface area contributed by atoms with E-state index < -0.39 is 5.41 Å². The molecular weight excluding hydrogens is 168 g/mol. The molecule has 0 bridgehead atoms. The van der Waals surface area contributed by atoms with E-state index in [1.807, 2.05) is 6.92 Å². The summed E-state index contributed by atoms with van der Waals surface area (Å²) in [6.07, 6.45) is 2.50. The molecule has 0 aromatic rings. The van der Waals surface area contributed by atoms with Crippen molar-refractivity contribution in [3.8, 4) is 0 Å². The van der Waals surface area contributed by atoms with Gasteiger partial charge < -0.3 is 10.6 Å². The van der Waals surface area contributed by atoms with Crippen molar-refractivity contribution < 1.29 is 9.59 Å². The van der Waals surface area contributed by atoms with Crippen molar-refractivity contribution >= 4 is 11.8 Å². The number of hydrogen-bond acceptors (Lipinski definition) is 2. The molecule has 0 aromatic heterocycles. The van der Waals surface area contributed by atoms with Gasteiger partial charge in [-0.25, -0.2) is 0 Å². The summed E-state index contributed by atoms with van der Waals surface area (Å²) in [6.45, 7) is 2.31. The van der Waals surface area contributed by atoms with Gasteiger partial charge in [-0.3, -0.25) is 9.59 Å². The van der Waals surface area contributed by atoms with Crippen molar-refractivity contribution in [2.75, 3.05) is 6.54 Å². The molecule has 2 amide bonds. The molecule has 0 spiro atoms. The third-order valence-electron chi connectivity index (χ3n) is 2.69. The lowest BCUT2D eigenvalue weighted by Crippen LogP contribution is -2.41. The van der Waals surface area contributed by atoms with Crippen molar-refractivity contribution in [3.63, 3.8) is 0 Å². The summed E-state index contributed by atoms with van der Waals surface area (Å²) < 4.78 is 0. The minimum absolute atomic E-state index is 0.0200. The second-order valence-electron chi connectivity index (χ2n) is 4.26. The third kappa shape index (κ3) is 1.66. The first-order chi connectivity index (χ1) is 6.10. The fourth-order valence-electron chi connectivity index (χ4n) is 1.52. The molecule has 1 saturated carbocycles. The summed E-state index contributed by atoms with van der Waals surface area (Å²) in [5.74, 6) is 0.00166. The first kappa shape index (κ1) is 8.53. The average Bonchev–Trinajstić information content (AvgIpc) is 2.79. The smallest absolute Gasteiger partial charge is 0.228 e. The highest BCUT2D eigenvalue weighted by Crippen LogP contribution is 2.28. The quantitative estimate of drug-likeness (QED) is 0.621. The van der Waals surface area contributed by atoms with Gasteiger partial charge in [-0.2, -0.15) is 0 Å². The van der Waals surface area contributed by atoms with E-state index in [-0.39, 0.29) is 11.8 Å². The van der Waals surface area contributed by atoms with Crippen molar-refractivity contribution in [3.05, 3.63) is 0 Å². The summed E-state index contributed by atoms with van der Waals surface area (Å²) in [5, 5.41) is 5.61. The third-order valence-corrected chi connectivity index (χ3v) is 2.69. The molecule has 0 aromatic carbocycles. The van der Waals surface area contributed by atoms with E-state index in [0.717, 1.165) is 12.8 Å². The number of carbonyl (C=O) groups is 2. The van der Waals surface area contributed by atoms with Gasteiger partial charge in [-0.15, -0.1) is 0 Å². The van der Waals surface area contributed by atoms with Gasteiger partial charge in [0.1, 0.15) is 0 Å². The van der Waals surface area contributed by atoms with Gasteiger partial charge in [0.05, 0.1) is 5.41 Å². The molecule has 1 unspecified atom stereocenters. The number of carbonyl (C=O) groups excluding carboxylic acids is 2. The number of amides is 2. The topological polar surface area (TPSA) is 58.2 Å². The lowest BCUT2D eigenvalue weighted by Gasteiger charge is -2.19. The van der Waals surface area contributed by atoms with E-state index in [1.165, 1.54) is 0 Å². The van der Waals surface area contributed by atoms with Crippen LogP contribution in [-0.2, 0) is 9.59 Å². The zero-order valence-corrected chi connectivity index (χ0v) is 7.72. The van der Waals surface area contributed by atoms with Crippen LogP contribution >= 0.6 is 0 Å². The highest BCUT2D eigenvalue weighted by Gasteiger charge is 2.42. The average molecular weight is 182 g/mol. The van der Waals surface area contributed by atoms with E-state index in [9.17, 15) is 9.59 Å². The van der Waals surface area contributed by atoms with E-state index >= 15 is 0 Å². The molecule has 2 N–H and O–H groups in total. The maximum Gasteiger partial charge on any atom is 0.228 e. The van der Waals surface area contributed by atoms with Gasteiger partial charge in [0, 0.05) is 19.0 Å². The Morgan fingerprint density at radius 1 is 1.62 bits per heavy atom. The highest BCUT2D eigenvalue weighted by atomic mass is 16.2. The molecule has 1 saturated heterocycles. The van der Waals surface area contributed by atoms with Gasteiger partial charge >= 0.3 is 0 Å². The maximum absolute atomic E-state index is 11.7. The summed E-state index contributed by atoms with van der Waals surface area (Å²) in [4.78, 5) is 22.6. The Morgan fingerprint density at radius 2 is 2.31 bits per heavy atom. The van der Waals surface area contributed by atoms with Gasteiger partial charge in [0.25, 0.3) is 0 Å². The first-order valence-corrected chi connectivity index (χ1v) is 4.68. The molecule has 4 heteroatoms. The van der Waals surface area contributed by atoms with E-state index in [0.29, 0.717) is 19.0 Å². The fourth-order valence-corrected chi connectivity index (χ4v) is 1.52. The standard InChI is InChI=1S/C9H14N2O2/c1-9(4-7(12)10-5-9)8(13)11-6-2-3-6/h6H,2-5H2,1H3,(H,10,12)(H,11,13). The Labute approximate surface area is 77.1 Å². The molecule has 4 nitrogen and oxygen atoms in total. The minimum atomic E-state index is -0.514. The number of nitrogens with one attached hydrogen (secondary N) is 2. The molecule has 72 valence electrons. The summed E-state index contributed by atoms with van der Waals surface area (Å²) in [7, 11) is 0. The van der Waals surface area contributed by atoms with Gasteiger partial charge in [0.2, 0.25) is 11.8 Å². The van der Waals surface area contributed by atoms with Gasteiger partial charge in [-0.1, -0.05) is 0 Å². The highest BCUT2D eigenvalue weighted by molar-refractivity contribution is 5.92. The normalized spacial score (nSPS) is 32.8. The van der Waals surface area contributed by atoms with Crippen LogP contribution in [0.2, 0.25) is 0 Å². The monoisotopic (exact) mass is 182 g/mol. The zero-order chi connectivity index (χ0) is 9.47. The molecule has 2 rings (SSSR count). The van der Waals surface area contributed by atoms with Crippen LogP contribution in [0.25, 0.3) is 0 Å². The van der Waals surface area contributed by atoms with E-state index in [4.69, 9.17) is 0 Å². The molecule has 13 heavy (non-hydrogen) atoms. The number of hydrogen-bond donors (Lipinski definition) is 2. The Morgan fingerprint density at radius 3 is 2.77 bits per heavy atom. The molecule has 0 radical (unpaired) electrons. The number of rotatable bonds is 2. The molecule has 1 aliphatic heterocycles. The zero-order valence-electron chi connectivity index (χ0n) is 7.72. The van der Waals surface area contributed by atoms with Crippen LogP contribution in [0.5, 0.6) is 0 Å². The largest absolute Gasteiger partial charge is 0.355 e. The van der Waals surface area contributed by atoms with Crippen LogP contribution in [0.4, 0.5) is 0 Å². The summed E-state index contributed by atoms with van der Waals surface area (Å²) in [6, 6.07) is 0.375. The lowest BCUT2D eigenvalue weighted by atomic mass is 9.88. The maximum atomic E-state index is 11.7. The first-order valence-electron chi connectivity index (χ1n) is 4.68. The van der Waals surface area contributed by atoms with Crippen molar-refractivity contribution in [2.45, 2.75) is 32.2 Å². The molecule has 2 fully saturated rings. The molecule has 1 heterocycles. The predicted molar refractivity (Wildman–Crippen MR) is 46.9 cm³/mol. The van der Waals surface area contributed by atoms with Crippen molar-refractivity contribution in [1.82, 2.24) is 10.6 Å². The van der Waals surface area contributed by atoms with E-state index in [2.05, 4.69) is 10.6 Å². The molecule has 1 aliphatic carbocycles. The van der Waals surface area contributed by atoms with Crippen molar-refractivity contribution in [1.29, 1.82) is 0 Å². The van der Waals surface area contributed by atoms with Crippen LogP contribution in [0, 0.1) is 5.41 Å². The Hall–Kier alpha value is -1.06. The van der Waals surface area contributed by atoms with Crippen LogP contribution < -0.4 is 10.6 Å². The van der Waals surface area contributed by atoms with E-state index in [1.54, 1.807) is 0 Å².